The van der Waals surface area contributed by atoms with Crippen LogP contribution >= 0.6 is 0 Å². The van der Waals surface area contributed by atoms with Gasteiger partial charge in [-0.2, -0.15) is 13.2 Å². The van der Waals surface area contributed by atoms with Gasteiger partial charge in [-0.05, 0) is 42.4 Å². The predicted molar refractivity (Wildman–Crippen MR) is 88.0 cm³/mol. The number of aryl methyl sites for hydroxylation is 1. The topological polar surface area (TPSA) is 0 Å². The molecule has 0 spiro atoms. The van der Waals surface area contributed by atoms with Crippen molar-refractivity contribution in [3.05, 3.63) is 34.9 Å². The highest BCUT2D eigenvalue weighted by molar-refractivity contribution is 5.39. The molecule has 0 nitrogen and oxygen atoms in total. The van der Waals surface area contributed by atoms with Crippen LogP contribution in [-0.4, -0.2) is 6.18 Å². The second-order valence-electron chi connectivity index (χ2n) is 6.90. The Hall–Kier alpha value is -1.57. The Morgan fingerprint density at radius 2 is 1.48 bits per heavy atom. The summed E-state index contributed by atoms with van der Waals surface area (Å²) >= 11 is 0. The van der Waals surface area contributed by atoms with E-state index in [4.69, 9.17) is 0 Å². The van der Waals surface area contributed by atoms with E-state index in [-0.39, 0.29) is 0 Å². The summed E-state index contributed by atoms with van der Waals surface area (Å²) in [5.74, 6) is 1.76. The first-order valence-electron chi connectivity index (χ1n) is 8.86. The van der Waals surface area contributed by atoms with Gasteiger partial charge in [0.1, 0.15) is 11.6 Å². The molecular weight excluding hydrogens is 335 g/mol. The van der Waals surface area contributed by atoms with Crippen LogP contribution in [0.3, 0.4) is 0 Å². The van der Waals surface area contributed by atoms with Gasteiger partial charge in [-0.15, -0.1) is 0 Å². The van der Waals surface area contributed by atoms with E-state index in [1.54, 1.807) is 5.92 Å². The molecule has 1 aliphatic rings. The summed E-state index contributed by atoms with van der Waals surface area (Å²) in [5, 5.41) is 0. The minimum Gasteiger partial charge on any atom is -0.206 e. The summed E-state index contributed by atoms with van der Waals surface area (Å²) in [5.41, 5.74) is -0.343. The van der Waals surface area contributed by atoms with Gasteiger partial charge in [0.25, 0.3) is 0 Å². The predicted octanol–water partition coefficient (Wildman–Crippen LogP) is 6.42. The van der Waals surface area contributed by atoms with Crippen molar-refractivity contribution in [3.63, 3.8) is 0 Å². The monoisotopic (exact) mass is 358 g/mol. The van der Waals surface area contributed by atoms with E-state index in [0.29, 0.717) is 17.9 Å². The fourth-order valence-corrected chi connectivity index (χ4v) is 3.61. The van der Waals surface area contributed by atoms with Crippen molar-refractivity contribution in [1.82, 2.24) is 0 Å². The van der Waals surface area contributed by atoms with Gasteiger partial charge in [-0.25, -0.2) is 8.78 Å². The minimum atomic E-state index is -4.77. The lowest BCUT2D eigenvalue weighted by Crippen LogP contribution is -2.15. The fourth-order valence-electron chi connectivity index (χ4n) is 3.61. The van der Waals surface area contributed by atoms with Gasteiger partial charge in [0.15, 0.2) is 0 Å². The lowest BCUT2D eigenvalue weighted by molar-refractivity contribution is -0.0696. The van der Waals surface area contributed by atoms with E-state index >= 15 is 0 Å². The molecule has 5 heteroatoms. The van der Waals surface area contributed by atoms with Crippen LogP contribution in [0.1, 0.15) is 63.0 Å². The second kappa shape index (κ2) is 8.69. The maximum atomic E-state index is 13.9. The normalized spacial score (nSPS) is 20.9. The van der Waals surface area contributed by atoms with Crippen molar-refractivity contribution in [3.8, 4) is 11.8 Å². The summed E-state index contributed by atoms with van der Waals surface area (Å²) in [7, 11) is 0. The SMILES string of the molecule is CCCC1CCC(CCc2cc(F)c(C#CC(F)(F)F)c(F)c2)CC1. The summed E-state index contributed by atoms with van der Waals surface area (Å²) in [6.45, 7) is 2.19. The van der Waals surface area contributed by atoms with Gasteiger partial charge in [0.05, 0.1) is 5.56 Å². The Bertz CT molecular complexity index is 605. The van der Waals surface area contributed by atoms with Crippen molar-refractivity contribution in [2.24, 2.45) is 11.8 Å². The summed E-state index contributed by atoms with van der Waals surface area (Å²) in [6.07, 6.45) is 3.81. The third-order valence-electron chi connectivity index (χ3n) is 4.94. The second-order valence-corrected chi connectivity index (χ2v) is 6.90. The average molecular weight is 358 g/mol. The Labute approximate surface area is 145 Å². The van der Waals surface area contributed by atoms with Crippen LogP contribution in [0.25, 0.3) is 0 Å². The van der Waals surface area contributed by atoms with Crippen LogP contribution in [0, 0.1) is 35.3 Å². The highest BCUT2D eigenvalue weighted by Gasteiger charge is 2.24. The average Bonchev–Trinajstić information content (AvgIpc) is 2.52. The van der Waals surface area contributed by atoms with Crippen molar-refractivity contribution in [1.29, 1.82) is 0 Å². The lowest BCUT2D eigenvalue weighted by atomic mass is 9.78. The van der Waals surface area contributed by atoms with Crippen molar-refractivity contribution >= 4 is 0 Å². The van der Waals surface area contributed by atoms with Crippen molar-refractivity contribution in [2.75, 3.05) is 0 Å². The molecular formula is C20H23F5. The lowest BCUT2D eigenvalue weighted by Gasteiger charge is -2.28. The van der Waals surface area contributed by atoms with Crippen LogP contribution in [0.2, 0.25) is 0 Å². The number of halogens is 5. The molecule has 0 unspecified atom stereocenters. The zero-order valence-corrected chi connectivity index (χ0v) is 14.4. The molecule has 1 fully saturated rings. The quantitative estimate of drug-likeness (QED) is 0.421. The molecule has 0 heterocycles. The third-order valence-corrected chi connectivity index (χ3v) is 4.94. The van der Waals surface area contributed by atoms with Crippen LogP contribution in [0.4, 0.5) is 22.0 Å². The molecule has 138 valence electrons. The van der Waals surface area contributed by atoms with Crippen LogP contribution in [0.5, 0.6) is 0 Å². The van der Waals surface area contributed by atoms with E-state index < -0.39 is 23.4 Å². The standard InChI is InChI=1S/C20H23F5/c1-2-3-14-4-6-15(7-5-14)8-9-16-12-18(21)17(19(22)13-16)10-11-20(23,24)25/h12-15H,2-9H2,1H3. The molecule has 1 aromatic carbocycles. The number of benzene rings is 1. The highest BCUT2D eigenvalue weighted by Crippen LogP contribution is 2.34. The summed E-state index contributed by atoms with van der Waals surface area (Å²) < 4.78 is 64.0. The van der Waals surface area contributed by atoms with Gasteiger partial charge in [-0.1, -0.05) is 51.4 Å². The number of hydrogen-bond acceptors (Lipinski definition) is 0. The number of rotatable bonds is 5. The molecule has 0 N–H and O–H groups in total. The number of hydrogen-bond donors (Lipinski definition) is 0. The third kappa shape index (κ3) is 6.34. The molecule has 1 aromatic rings. The Morgan fingerprint density at radius 1 is 0.960 bits per heavy atom. The maximum Gasteiger partial charge on any atom is 0.458 e. The molecule has 0 aromatic heterocycles. The summed E-state index contributed by atoms with van der Waals surface area (Å²) in [6, 6.07) is 2.21. The molecule has 0 aliphatic heterocycles. The van der Waals surface area contributed by atoms with E-state index in [1.807, 2.05) is 0 Å². The zero-order chi connectivity index (χ0) is 18.4. The van der Waals surface area contributed by atoms with Crippen molar-refractivity contribution < 1.29 is 22.0 Å². The van der Waals surface area contributed by atoms with Crippen LogP contribution in [0.15, 0.2) is 12.1 Å². The molecule has 1 aliphatic carbocycles. The molecule has 0 saturated heterocycles. The molecule has 0 radical (unpaired) electrons. The van der Waals surface area contributed by atoms with Crippen molar-refractivity contribution in [2.45, 2.75) is 64.5 Å². The first-order valence-corrected chi connectivity index (χ1v) is 8.86. The van der Waals surface area contributed by atoms with Gasteiger partial charge in [0.2, 0.25) is 0 Å². The first-order chi connectivity index (χ1) is 11.8. The van der Waals surface area contributed by atoms with E-state index in [0.717, 1.165) is 43.2 Å². The smallest absolute Gasteiger partial charge is 0.206 e. The molecule has 0 atom stereocenters. The van der Waals surface area contributed by atoms with Gasteiger partial charge in [-0.3, -0.25) is 0 Å². The fraction of sp³-hybridized carbons (Fsp3) is 0.600. The van der Waals surface area contributed by atoms with Gasteiger partial charge >= 0.3 is 6.18 Å². The molecule has 25 heavy (non-hydrogen) atoms. The Kier molecular flexibility index (Phi) is 6.87. The first kappa shape index (κ1) is 19.8. The number of alkyl halides is 3. The van der Waals surface area contributed by atoms with Gasteiger partial charge < -0.3 is 0 Å². The molecule has 0 amide bonds. The highest BCUT2D eigenvalue weighted by atomic mass is 19.4. The largest absolute Gasteiger partial charge is 0.458 e. The van der Waals surface area contributed by atoms with E-state index in [2.05, 4.69) is 6.92 Å². The van der Waals surface area contributed by atoms with Gasteiger partial charge in [0, 0.05) is 5.92 Å². The Morgan fingerprint density at radius 3 is 1.96 bits per heavy atom. The molecule has 2 rings (SSSR count). The summed E-state index contributed by atoms with van der Waals surface area (Å²) in [4.78, 5) is 0. The minimum absolute atomic E-state index is 0.475. The van der Waals surface area contributed by atoms with E-state index in [1.165, 1.54) is 25.7 Å². The van der Waals surface area contributed by atoms with Crippen LogP contribution in [-0.2, 0) is 6.42 Å². The maximum absolute atomic E-state index is 13.9. The molecule has 1 saturated carbocycles. The molecule has 0 bridgehead atoms. The van der Waals surface area contributed by atoms with Crippen LogP contribution < -0.4 is 0 Å². The zero-order valence-electron chi connectivity index (χ0n) is 14.4. The van der Waals surface area contributed by atoms with E-state index in [9.17, 15) is 22.0 Å². The Balaban J connectivity index is 1.94.